The minimum absolute atomic E-state index is 0. The number of furan rings is 1. The van der Waals surface area contributed by atoms with Crippen molar-refractivity contribution < 1.29 is 28.6 Å². The van der Waals surface area contributed by atoms with Crippen molar-refractivity contribution >= 4 is 46.4 Å². The molecule has 0 N–H and O–H groups in total. The van der Waals surface area contributed by atoms with E-state index in [0.29, 0.717) is 11.3 Å². The first kappa shape index (κ1) is 34.1. The summed E-state index contributed by atoms with van der Waals surface area (Å²) in [4.78, 5) is 14.2. The molecule has 9 aromatic rings. The van der Waals surface area contributed by atoms with Crippen LogP contribution in [0.25, 0.3) is 72.6 Å². The summed E-state index contributed by atoms with van der Waals surface area (Å²) >= 11 is 0. The van der Waals surface area contributed by atoms with E-state index in [4.69, 9.17) is 13.5 Å². The zero-order valence-corrected chi connectivity index (χ0v) is 35.0. The number of nitrogens with zero attached hydrogens (tertiary/aromatic N) is 4. The summed E-state index contributed by atoms with van der Waals surface area (Å²) < 4.78 is 30.6. The molecule has 55 heavy (non-hydrogen) atoms. The molecule has 0 atom stereocenters. The molecule has 275 valence electrons. The summed E-state index contributed by atoms with van der Waals surface area (Å²) in [6, 6.07) is 46.8. The van der Waals surface area contributed by atoms with Crippen LogP contribution in [-0.4, -0.2) is 27.6 Å². The van der Waals surface area contributed by atoms with Gasteiger partial charge in [0.05, 0.1) is 30.5 Å². The number of hydrogen-bond acceptors (Lipinski definition) is 4. The molecule has 5 aromatic carbocycles. The maximum atomic E-state index is 7.35. The van der Waals surface area contributed by atoms with Gasteiger partial charge in [-0.15, -0.1) is 53.6 Å². The standard InChI is InChI=1S/C33H24N3O.C15H18NSi.Ir/c1-20-18-24(23-10-5-4-6-11-23)19-21(2)30(20)36-29-15-8-7-14-28(29)35-32(36)27-13-9-12-25-26-17-16-22(3)34-33(26)37-31(25)27;1-12-5-7-13(8-6-12)15-10-9-14(11-16-15)17(2,3)4;/h4-12,14-19H,1-3H3;5-7,9-11H,1-4H3;/q2*-1;/i;1D3;. The molecule has 1 radical (unpaired) electrons. The number of aryl methyl sites for hydroxylation is 4. The fraction of sp³-hybridized carbons (Fsp3) is 0.146. The van der Waals surface area contributed by atoms with Crippen molar-refractivity contribution in [3.8, 4) is 39.5 Å². The third-order valence-corrected chi connectivity index (χ3v) is 11.8. The van der Waals surface area contributed by atoms with Gasteiger partial charge in [-0.25, -0.2) is 4.98 Å². The third kappa shape index (κ3) is 7.48. The zero-order valence-electron chi connectivity index (χ0n) is 34.7. The van der Waals surface area contributed by atoms with E-state index in [1.54, 1.807) is 12.1 Å². The normalized spacial score (nSPS) is 12.4. The molecule has 0 saturated carbocycles. The number of imidazole rings is 1. The Kier molecular flexibility index (Phi) is 9.50. The second-order valence-electron chi connectivity index (χ2n) is 14.8. The second-order valence-corrected chi connectivity index (χ2v) is 19.8. The van der Waals surface area contributed by atoms with Crippen LogP contribution in [-0.2, 0) is 20.1 Å². The summed E-state index contributed by atoms with van der Waals surface area (Å²) in [5.41, 5.74) is 13.0. The SMILES string of the molecule is Cc1ccc2c(n1)oc1c(-c3nc4ccccc4n3-c3c(C)cc(-c4ccccc4)cc3C)[c-]ccc12.[2H]C([2H])([2H])c1c[c-]c(-c2ccc([Si](C)(C)C)cn2)cc1.[Ir]. The van der Waals surface area contributed by atoms with Gasteiger partial charge in [0.1, 0.15) is 0 Å². The van der Waals surface area contributed by atoms with Crippen molar-refractivity contribution in [2.75, 3.05) is 0 Å². The maximum absolute atomic E-state index is 7.35. The van der Waals surface area contributed by atoms with E-state index in [2.05, 4.69) is 127 Å². The number of benzene rings is 5. The minimum atomic E-state index is -2.08. The summed E-state index contributed by atoms with van der Waals surface area (Å²) in [6.45, 7) is 11.1. The van der Waals surface area contributed by atoms with E-state index in [1.165, 1.54) is 33.5 Å². The largest absolute Gasteiger partial charge is 0.486 e. The Morgan fingerprint density at radius 2 is 1.51 bits per heavy atom. The van der Waals surface area contributed by atoms with Gasteiger partial charge in [0.15, 0.2) is 0 Å². The van der Waals surface area contributed by atoms with Gasteiger partial charge in [0, 0.05) is 47.2 Å². The smallest absolute Gasteiger partial charge is 0.216 e. The third-order valence-electron chi connectivity index (χ3n) is 9.76. The summed E-state index contributed by atoms with van der Waals surface area (Å²) in [6.07, 6.45) is 1.92. The molecule has 0 amide bonds. The van der Waals surface area contributed by atoms with Gasteiger partial charge in [-0.2, -0.15) is 0 Å². The molecule has 0 aliphatic carbocycles. The molecule has 0 aliphatic heterocycles. The van der Waals surface area contributed by atoms with Crippen LogP contribution in [0.4, 0.5) is 0 Å². The monoisotopic (exact) mass is 914 g/mol. The Morgan fingerprint density at radius 1 is 0.745 bits per heavy atom. The van der Waals surface area contributed by atoms with Crippen molar-refractivity contribution in [2.24, 2.45) is 0 Å². The quantitative estimate of drug-likeness (QED) is 0.127. The number of aromatic nitrogens is 4. The molecule has 0 saturated heterocycles. The van der Waals surface area contributed by atoms with Crippen LogP contribution in [0.3, 0.4) is 0 Å². The van der Waals surface area contributed by atoms with Gasteiger partial charge in [0.25, 0.3) is 0 Å². The average molecular weight is 914 g/mol. The number of fused-ring (bicyclic) bond motifs is 4. The zero-order chi connectivity index (χ0) is 40.1. The molecular weight excluding hydrogens is 869 g/mol. The molecule has 0 fully saturated rings. The number of hydrogen-bond donors (Lipinski definition) is 0. The Balaban J connectivity index is 0.000000208. The molecule has 0 spiro atoms. The predicted octanol–water partition coefficient (Wildman–Crippen LogP) is 11.8. The Labute approximate surface area is 341 Å². The van der Waals surface area contributed by atoms with Gasteiger partial charge in [-0.1, -0.05) is 92.0 Å². The van der Waals surface area contributed by atoms with Gasteiger partial charge in [-0.3, -0.25) is 4.98 Å². The van der Waals surface area contributed by atoms with Crippen molar-refractivity contribution in [2.45, 2.75) is 47.3 Å². The van der Waals surface area contributed by atoms with Crippen LogP contribution < -0.4 is 5.19 Å². The number of para-hydroxylation sites is 2. The number of pyridine rings is 2. The number of rotatable bonds is 5. The van der Waals surface area contributed by atoms with Crippen LogP contribution in [0.15, 0.2) is 132 Å². The van der Waals surface area contributed by atoms with Crippen molar-refractivity contribution in [3.63, 3.8) is 0 Å². The minimum Gasteiger partial charge on any atom is -0.486 e. The van der Waals surface area contributed by atoms with E-state index in [1.807, 2.05) is 49.5 Å². The molecule has 9 rings (SSSR count). The molecule has 0 unspecified atom stereocenters. The molecule has 0 bridgehead atoms. The first-order valence-corrected chi connectivity index (χ1v) is 21.6. The Morgan fingerprint density at radius 3 is 2.20 bits per heavy atom. The summed E-state index contributed by atoms with van der Waals surface area (Å²) in [5.74, 6) is 0.807. The molecule has 7 heteroatoms. The Bertz CT molecular complexity index is 2820. The first-order valence-electron chi connectivity index (χ1n) is 19.6. The van der Waals surface area contributed by atoms with Gasteiger partial charge in [-0.05, 0) is 90.3 Å². The van der Waals surface area contributed by atoms with Crippen LogP contribution in [0.5, 0.6) is 0 Å². The van der Waals surface area contributed by atoms with Crippen LogP contribution in [0, 0.1) is 39.8 Å². The Hall–Kier alpha value is -5.46. The van der Waals surface area contributed by atoms with E-state index in [0.717, 1.165) is 61.4 Å². The fourth-order valence-electron chi connectivity index (χ4n) is 6.99. The van der Waals surface area contributed by atoms with E-state index in [9.17, 15) is 0 Å². The molecule has 4 heterocycles. The van der Waals surface area contributed by atoms with Crippen LogP contribution >= 0.6 is 0 Å². The molecular formula is C48H42IrN4OSi-2. The van der Waals surface area contributed by atoms with Crippen molar-refractivity contribution in [1.29, 1.82) is 0 Å². The van der Waals surface area contributed by atoms with Gasteiger partial charge >= 0.3 is 0 Å². The predicted molar refractivity (Wildman–Crippen MR) is 226 cm³/mol. The molecule has 5 nitrogen and oxygen atoms in total. The van der Waals surface area contributed by atoms with E-state index >= 15 is 0 Å². The van der Waals surface area contributed by atoms with Crippen molar-refractivity contribution in [3.05, 3.63) is 162 Å². The second kappa shape index (κ2) is 15.3. The van der Waals surface area contributed by atoms with Crippen LogP contribution in [0.1, 0.15) is 26.5 Å². The maximum Gasteiger partial charge on any atom is 0.216 e. The average Bonchev–Trinajstić information content (AvgIpc) is 3.76. The van der Waals surface area contributed by atoms with E-state index in [-0.39, 0.29) is 20.1 Å². The summed E-state index contributed by atoms with van der Waals surface area (Å²) in [7, 11) is -1.34. The first-order chi connectivity index (χ1) is 27.3. The van der Waals surface area contributed by atoms with Crippen LogP contribution in [0.2, 0.25) is 19.6 Å². The molecule has 4 aromatic heterocycles. The van der Waals surface area contributed by atoms with Gasteiger partial charge in [0.2, 0.25) is 5.71 Å². The molecule has 0 aliphatic rings. The topological polar surface area (TPSA) is 56.7 Å². The van der Waals surface area contributed by atoms with E-state index < -0.39 is 14.9 Å². The van der Waals surface area contributed by atoms with Crippen molar-refractivity contribution in [1.82, 2.24) is 19.5 Å². The van der Waals surface area contributed by atoms with Gasteiger partial charge < -0.3 is 14.0 Å². The summed E-state index contributed by atoms with van der Waals surface area (Å²) in [5, 5.41) is 3.32. The fourth-order valence-corrected chi connectivity index (χ4v) is 8.02.